The molecule has 0 N–H and O–H groups in total. The molecule has 0 spiro atoms. The molecule has 1 saturated carbocycles. The minimum absolute atomic E-state index is 0.0553. The number of ether oxygens (including phenoxy) is 2. The molecule has 0 saturated heterocycles. The first-order valence-corrected chi connectivity index (χ1v) is 13.9. The number of carbonyl (C=O) groups excluding carboxylic acids is 2. The first-order chi connectivity index (χ1) is 19.0. The summed E-state index contributed by atoms with van der Waals surface area (Å²) in [5.41, 5.74) is -0.523. The van der Waals surface area contributed by atoms with E-state index in [1.165, 1.54) is 12.1 Å². The second kappa shape index (κ2) is 17.1. The number of ketones is 1. The number of hydrogen-bond acceptors (Lipinski definition) is 8. The Kier molecular flexibility index (Phi) is 15.4. The van der Waals surface area contributed by atoms with E-state index in [1.807, 2.05) is 22.6 Å². The number of benzene rings is 2. The molecule has 2 aromatic carbocycles. The maximum atomic E-state index is 11.9. The normalized spacial score (nSPS) is 14.6. The molecule has 226 valence electrons. The molecule has 0 heterocycles. The third-order valence-corrected chi connectivity index (χ3v) is 7.84. The Morgan fingerprint density at radius 1 is 0.976 bits per heavy atom. The van der Waals surface area contributed by atoms with Crippen LogP contribution in [-0.4, -0.2) is 41.0 Å². The highest BCUT2D eigenvalue weighted by Crippen LogP contribution is 2.37. The summed E-state index contributed by atoms with van der Waals surface area (Å²) >= 11 is 24.3. The lowest BCUT2D eigenvalue weighted by Gasteiger charge is -2.18. The average molecular weight is 778 g/mol. The van der Waals surface area contributed by atoms with Gasteiger partial charge in [-0.15, -0.1) is 0 Å². The number of Topliss-reactive ketones (excluding diaryl/α,β-unsaturated/α-hetero) is 1. The molecule has 10 nitrogen and oxygen atoms in total. The largest absolute Gasteiger partial charge is 0.481 e. The summed E-state index contributed by atoms with van der Waals surface area (Å²) < 4.78 is 45.5. The van der Waals surface area contributed by atoms with Gasteiger partial charge in [-0.1, -0.05) is 52.8 Å². The Morgan fingerprint density at radius 2 is 1.44 bits per heavy atom. The van der Waals surface area contributed by atoms with Crippen LogP contribution in [-0.2, 0) is 14.3 Å². The van der Waals surface area contributed by atoms with Gasteiger partial charge in [0.25, 0.3) is 11.4 Å². The van der Waals surface area contributed by atoms with Gasteiger partial charge in [0.15, 0.2) is 12.4 Å². The van der Waals surface area contributed by atoms with Crippen LogP contribution < -0.4 is 4.74 Å². The number of non-ortho nitro benzene ring substituents is 2. The molecule has 0 radical (unpaired) electrons. The van der Waals surface area contributed by atoms with Gasteiger partial charge in [-0.2, -0.15) is 13.2 Å². The molecule has 3 rings (SSSR count). The van der Waals surface area contributed by atoms with Crippen LogP contribution in [0.2, 0.25) is 20.1 Å². The van der Waals surface area contributed by atoms with E-state index in [9.17, 15) is 43.0 Å². The predicted molar refractivity (Wildman–Crippen MR) is 154 cm³/mol. The number of esters is 1. The van der Waals surface area contributed by atoms with Crippen molar-refractivity contribution in [1.29, 1.82) is 0 Å². The third kappa shape index (κ3) is 12.7. The molecular weight excluding hydrogens is 758 g/mol. The van der Waals surface area contributed by atoms with Crippen LogP contribution in [0.25, 0.3) is 0 Å². The Bertz CT molecular complexity index is 1240. The van der Waals surface area contributed by atoms with Gasteiger partial charge in [-0.25, -0.2) is 0 Å². The van der Waals surface area contributed by atoms with Gasteiger partial charge in [-0.05, 0) is 42.4 Å². The first kappa shape index (κ1) is 36.9. The summed E-state index contributed by atoms with van der Waals surface area (Å²) in [7, 11) is 0. The molecular formula is C23H20Cl4F3IN2O8. The highest BCUT2D eigenvalue weighted by Gasteiger charge is 2.30. The summed E-state index contributed by atoms with van der Waals surface area (Å²) in [5, 5.41) is 20.6. The number of alkyl halides is 3. The third-order valence-electron chi connectivity index (χ3n) is 4.88. The summed E-state index contributed by atoms with van der Waals surface area (Å²) in [6.07, 6.45) is -1.43. The fraction of sp³-hybridized carbons (Fsp3) is 0.391. The maximum absolute atomic E-state index is 11.9. The second-order valence-electron chi connectivity index (χ2n) is 7.90. The van der Waals surface area contributed by atoms with Crippen LogP contribution in [0.3, 0.4) is 0 Å². The van der Waals surface area contributed by atoms with Gasteiger partial charge < -0.3 is 9.47 Å². The highest BCUT2D eigenvalue weighted by molar-refractivity contribution is 14.1. The molecule has 1 unspecified atom stereocenters. The van der Waals surface area contributed by atoms with Crippen molar-refractivity contribution in [3.05, 3.63) is 68.2 Å². The number of nitro groups is 2. The molecule has 0 aliphatic heterocycles. The molecule has 1 fully saturated rings. The molecule has 0 aromatic heterocycles. The van der Waals surface area contributed by atoms with Crippen molar-refractivity contribution in [2.75, 3.05) is 13.2 Å². The number of nitrogens with zero attached hydrogens (tertiary/aromatic N) is 2. The molecule has 2 aromatic rings. The lowest BCUT2D eigenvalue weighted by molar-refractivity contribution is -0.385. The highest BCUT2D eigenvalue weighted by atomic mass is 127. The van der Waals surface area contributed by atoms with Crippen LogP contribution in [0.5, 0.6) is 5.75 Å². The van der Waals surface area contributed by atoms with Gasteiger partial charge in [0.2, 0.25) is 0 Å². The van der Waals surface area contributed by atoms with Gasteiger partial charge >= 0.3 is 12.1 Å². The molecule has 18 heteroatoms. The lowest BCUT2D eigenvalue weighted by atomic mass is 9.88. The van der Waals surface area contributed by atoms with Crippen molar-refractivity contribution < 1.29 is 42.1 Å². The maximum Gasteiger partial charge on any atom is 0.422 e. The molecule has 41 heavy (non-hydrogen) atoms. The van der Waals surface area contributed by atoms with Gasteiger partial charge in [-0.3, -0.25) is 29.8 Å². The lowest BCUT2D eigenvalue weighted by Crippen LogP contribution is -2.28. The van der Waals surface area contributed by atoms with Gasteiger partial charge in [0.1, 0.15) is 11.7 Å². The molecule has 0 amide bonds. The van der Waals surface area contributed by atoms with Crippen LogP contribution in [0.15, 0.2) is 24.3 Å². The summed E-state index contributed by atoms with van der Waals surface area (Å²) in [6.45, 7) is 0.540. The zero-order valence-corrected chi connectivity index (χ0v) is 26.0. The molecule has 0 bridgehead atoms. The summed E-state index contributed by atoms with van der Waals surface area (Å²) in [4.78, 5) is 41.8. The number of rotatable bonds is 6. The van der Waals surface area contributed by atoms with Crippen LogP contribution in [0.1, 0.15) is 32.6 Å². The number of halogens is 8. The number of nitro benzene ring substituents is 2. The Balaban J connectivity index is 0.000000315. The van der Waals surface area contributed by atoms with Crippen molar-refractivity contribution in [1.82, 2.24) is 0 Å². The van der Waals surface area contributed by atoms with E-state index < -0.39 is 40.0 Å². The van der Waals surface area contributed by atoms with Crippen LogP contribution in [0.4, 0.5) is 24.5 Å². The molecule has 1 aliphatic carbocycles. The summed E-state index contributed by atoms with van der Waals surface area (Å²) in [5.74, 6) is -1.17. The first-order valence-electron chi connectivity index (χ1n) is 11.3. The minimum Gasteiger partial charge on any atom is -0.481 e. The number of carbonyl (C=O) groups is 2. The zero-order chi connectivity index (χ0) is 31.5. The van der Waals surface area contributed by atoms with Crippen molar-refractivity contribution in [3.63, 3.8) is 0 Å². The fourth-order valence-corrected chi connectivity index (χ4v) is 4.44. The summed E-state index contributed by atoms with van der Waals surface area (Å²) in [6, 6.07) is 4.27. The van der Waals surface area contributed by atoms with Crippen molar-refractivity contribution in [2.45, 2.75) is 38.8 Å². The molecule has 1 aliphatic rings. The monoisotopic (exact) mass is 776 g/mol. The van der Waals surface area contributed by atoms with E-state index in [-0.39, 0.29) is 27.5 Å². The van der Waals surface area contributed by atoms with E-state index in [0.29, 0.717) is 33.1 Å². The molecule has 1 atom stereocenters. The van der Waals surface area contributed by atoms with Gasteiger partial charge in [0, 0.05) is 30.7 Å². The minimum atomic E-state index is -4.55. The topological polar surface area (TPSA) is 139 Å². The van der Waals surface area contributed by atoms with E-state index >= 15 is 0 Å². The second-order valence-corrected chi connectivity index (χ2v) is 10.6. The Morgan fingerprint density at radius 3 is 1.83 bits per heavy atom. The van der Waals surface area contributed by atoms with E-state index in [0.717, 1.165) is 25.0 Å². The fourth-order valence-electron chi connectivity index (χ4n) is 3.07. The zero-order valence-electron chi connectivity index (χ0n) is 20.8. The van der Waals surface area contributed by atoms with Crippen LogP contribution >= 0.6 is 69.0 Å². The average Bonchev–Trinajstić information content (AvgIpc) is 2.86. The van der Waals surface area contributed by atoms with E-state index in [4.69, 9.17) is 51.1 Å². The van der Waals surface area contributed by atoms with Crippen molar-refractivity contribution in [3.8, 4) is 5.75 Å². The predicted octanol–water partition coefficient (Wildman–Crippen LogP) is 8.66. The van der Waals surface area contributed by atoms with Crippen molar-refractivity contribution in [2.24, 2.45) is 5.92 Å². The van der Waals surface area contributed by atoms with Crippen LogP contribution in [0, 0.1) is 29.7 Å². The Hall–Kier alpha value is -2.14. The SMILES string of the molecule is CCOC(=O)C1CCCCC1=O.O=[N+]([O-])c1cc(Cl)c(I)c(Cl)c1.O=[N+]([O-])c1cc(Cl)c(OCC(F)(F)F)c(Cl)c1. The quantitative estimate of drug-likeness (QED) is 0.0710. The Labute approximate surface area is 264 Å². The van der Waals surface area contributed by atoms with Crippen molar-refractivity contribution >= 4 is 92.1 Å². The smallest absolute Gasteiger partial charge is 0.422 e. The number of hydrogen-bond donors (Lipinski definition) is 0. The standard InChI is InChI=1S/C9H14O3.C8H4Cl2F3NO3.C6H2Cl2INO2/c1-2-12-9(11)7-5-3-4-6-8(7)10;9-5-1-4(14(15)16)2-6(10)7(5)17-3-8(11,12)13;7-4-1-3(10(11)12)2-5(8)6(4)9/h7H,2-6H2,1H3;1-2H,3H2;1-2H. The van der Waals surface area contributed by atoms with E-state index in [1.54, 1.807) is 6.92 Å². The van der Waals surface area contributed by atoms with Gasteiger partial charge in [0.05, 0.1) is 40.1 Å². The van der Waals surface area contributed by atoms with E-state index in [2.05, 4.69) is 4.74 Å².